The highest BCUT2D eigenvalue weighted by Crippen LogP contribution is 1.93. The van der Waals surface area contributed by atoms with Gasteiger partial charge in [-0.15, -0.1) is 0 Å². The SMILES string of the molecule is CCCCN(CC)CC(=O)NCCN. The minimum atomic E-state index is 0.0772. The number of nitrogens with zero attached hydrogens (tertiary/aromatic N) is 1. The van der Waals surface area contributed by atoms with E-state index < -0.39 is 0 Å². The predicted molar refractivity (Wildman–Crippen MR) is 59.1 cm³/mol. The van der Waals surface area contributed by atoms with Gasteiger partial charge in [-0.25, -0.2) is 0 Å². The van der Waals surface area contributed by atoms with Crippen LogP contribution < -0.4 is 11.1 Å². The molecule has 3 N–H and O–H groups in total. The van der Waals surface area contributed by atoms with E-state index in [0.29, 0.717) is 19.6 Å². The molecular weight excluding hydrogens is 178 g/mol. The number of amides is 1. The minimum absolute atomic E-state index is 0.0772. The van der Waals surface area contributed by atoms with Crippen molar-refractivity contribution < 1.29 is 4.79 Å². The molecule has 0 bridgehead atoms. The summed E-state index contributed by atoms with van der Waals surface area (Å²) in [5, 5.41) is 2.77. The summed E-state index contributed by atoms with van der Waals surface area (Å²) in [5.41, 5.74) is 5.29. The Morgan fingerprint density at radius 3 is 2.64 bits per heavy atom. The van der Waals surface area contributed by atoms with Crippen molar-refractivity contribution in [2.24, 2.45) is 5.73 Å². The second-order valence-corrected chi connectivity index (χ2v) is 3.36. The van der Waals surface area contributed by atoms with Gasteiger partial charge in [0.05, 0.1) is 6.54 Å². The van der Waals surface area contributed by atoms with E-state index >= 15 is 0 Å². The lowest BCUT2D eigenvalue weighted by Gasteiger charge is -2.19. The molecule has 0 saturated heterocycles. The molecule has 84 valence electrons. The summed E-state index contributed by atoms with van der Waals surface area (Å²) in [4.78, 5) is 13.5. The lowest BCUT2D eigenvalue weighted by Crippen LogP contribution is -2.39. The topological polar surface area (TPSA) is 58.4 Å². The molecule has 0 rings (SSSR count). The predicted octanol–water partition coefficient (Wildman–Crippen LogP) is 0.183. The van der Waals surface area contributed by atoms with E-state index in [-0.39, 0.29) is 5.91 Å². The van der Waals surface area contributed by atoms with Gasteiger partial charge in [0, 0.05) is 13.1 Å². The Morgan fingerprint density at radius 1 is 1.43 bits per heavy atom. The van der Waals surface area contributed by atoms with Gasteiger partial charge in [-0.05, 0) is 19.5 Å². The van der Waals surface area contributed by atoms with Crippen molar-refractivity contribution in [3.8, 4) is 0 Å². The molecule has 0 unspecified atom stereocenters. The molecule has 0 aliphatic rings. The minimum Gasteiger partial charge on any atom is -0.354 e. The first-order valence-corrected chi connectivity index (χ1v) is 5.43. The zero-order valence-corrected chi connectivity index (χ0v) is 9.38. The van der Waals surface area contributed by atoms with E-state index in [1.54, 1.807) is 0 Å². The lowest BCUT2D eigenvalue weighted by molar-refractivity contribution is -0.122. The summed E-state index contributed by atoms with van der Waals surface area (Å²) < 4.78 is 0. The molecule has 0 aliphatic heterocycles. The van der Waals surface area contributed by atoms with Crippen molar-refractivity contribution in [3.05, 3.63) is 0 Å². The molecule has 14 heavy (non-hydrogen) atoms. The van der Waals surface area contributed by atoms with Gasteiger partial charge in [0.15, 0.2) is 0 Å². The molecule has 4 heteroatoms. The molecule has 0 atom stereocenters. The van der Waals surface area contributed by atoms with Gasteiger partial charge in [0.1, 0.15) is 0 Å². The molecule has 0 aromatic carbocycles. The fourth-order valence-corrected chi connectivity index (χ4v) is 1.20. The van der Waals surface area contributed by atoms with Crippen molar-refractivity contribution in [1.29, 1.82) is 0 Å². The number of nitrogens with one attached hydrogen (secondary N) is 1. The first kappa shape index (κ1) is 13.4. The smallest absolute Gasteiger partial charge is 0.234 e. The first-order chi connectivity index (χ1) is 6.74. The van der Waals surface area contributed by atoms with E-state index in [0.717, 1.165) is 19.5 Å². The summed E-state index contributed by atoms with van der Waals surface area (Å²) in [6.07, 6.45) is 2.32. The van der Waals surface area contributed by atoms with Gasteiger partial charge in [-0.2, -0.15) is 0 Å². The molecule has 0 radical (unpaired) electrons. The second-order valence-electron chi connectivity index (χ2n) is 3.36. The Bertz CT molecular complexity index is 150. The maximum atomic E-state index is 11.3. The molecule has 4 nitrogen and oxygen atoms in total. The Morgan fingerprint density at radius 2 is 2.14 bits per heavy atom. The summed E-state index contributed by atoms with van der Waals surface area (Å²) in [5.74, 6) is 0.0772. The van der Waals surface area contributed by atoms with Crippen molar-refractivity contribution in [3.63, 3.8) is 0 Å². The third-order valence-electron chi connectivity index (χ3n) is 2.11. The number of hydrogen-bond donors (Lipinski definition) is 2. The van der Waals surface area contributed by atoms with Crippen molar-refractivity contribution in [1.82, 2.24) is 10.2 Å². The normalized spacial score (nSPS) is 10.6. The van der Waals surface area contributed by atoms with Crippen molar-refractivity contribution in [2.45, 2.75) is 26.7 Å². The Labute approximate surface area is 86.8 Å². The lowest BCUT2D eigenvalue weighted by atomic mass is 10.3. The molecule has 0 fully saturated rings. The van der Waals surface area contributed by atoms with Crippen LogP contribution in [-0.2, 0) is 4.79 Å². The highest BCUT2D eigenvalue weighted by atomic mass is 16.2. The largest absolute Gasteiger partial charge is 0.354 e. The third kappa shape index (κ3) is 6.86. The Hall–Kier alpha value is -0.610. The summed E-state index contributed by atoms with van der Waals surface area (Å²) in [7, 11) is 0. The zero-order chi connectivity index (χ0) is 10.8. The van der Waals surface area contributed by atoms with E-state index in [2.05, 4.69) is 24.1 Å². The van der Waals surface area contributed by atoms with Gasteiger partial charge in [-0.3, -0.25) is 9.69 Å². The average molecular weight is 201 g/mol. The standard InChI is InChI=1S/C10H23N3O/c1-3-5-8-13(4-2)9-10(14)12-7-6-11/h3-9,11H2,1-2H3,(H,12,14). The van der Waals surface area contributed by atoms with Crippen LogP contribution in [-0.4, -0.2) is 43.5 Å². The summed E-state index contributed by atoms with van der Waals surface area (Å²) >= 11 is 0. The van der Waals surface area contributed by atoms with Crippen LogP contribution in [0.5, 0.6) is 0 Å². The second kappa shape index (κ2) is 8.97. The van der Waals surface area contributed by atoms with Crippen LogP contribution in [0.1, 0.15) is 26.7 Å². The van der Waals surface area contributed by atoms with Gasteiger partial charge in [0.2, 0.25) is 5.91 Å². The highest BCUT2D eigenvalue weighted by Gasteiger charge is 2.06. The van der Waals surface area contributed by atoms with E-state index in [9.17, 15) is 4.79 Å². The average Bonchev–Trinajstić information content (AvgIpc) is 2.21. The monoisotopic (exact) mass is 201 g/mol. The molecule has 0 aromatic heterocycles. The van der Waals surface area contributed by atoms with Gasteiger partial charge < -0.3 is 11.1 Å². The van der Waals surface area contributed by atoms with Crippen molar-refractivity contribution >= 4 is 5.91 Å². The van der Waals surface area contributed by atoms with Gasteiger partial charge >= 0.3 is 0 Å². The quantitative estimate of drug-likeness (QED) is 0.589. The van der Waals surface area contributed by atoms with Crippen LogP contribution in [0.2, 0.25) is 0 Å². The van der Waals surface area contributed by atoms with Crippen molar-refractivity contribution in [2.75, 3.05) is 32.7 Å². The number of hydrogen-bond acceptors (Lipinski definition) is 3. The molecule has 1 amide bonds. The number of carbonyl (C=O) groups excluding carboxylic acids is 1. The summed E-state index contributed by atoms with van der Waals surface area (Å²) in [6, 6.07) is 0. The van der Waals surface area contributed by atoms with E-state index in [1.165, 1.54) is 6.42 Å². The van der Waals surface area contributed by atoms with Crippen LogP contribution in [0, 0.1) is 0 Å². The van der Waals surface area contributed by atoms with E-state index in [4.69, 9.17) is 5.73 Å². The van der Waals surface area contributed by atoms with Crippen LogP contribution in [0.25, 0.3) is 0 Å². The first-order valence-electron chi connectivity index (χ1n) is 5.43. The summed E-state index contributed by atoms with van der Waals surface area (Å²) in [6.45, 7) is 7.74. The Balaban J connectivity index is 3.62. The third-order valence-corrected chi connectivity index (χ3v) is 2.11. The number of unbranched alkanes of at least 4 members (excludes halogenated alkanes) is 1. The molecule has 0 aliphatic carbocycles. The number of carbonyl (C=O) groups is 1. The molecule has 0 saturated carbocycles. The van der Waals surface area contributed by atoms with Crippen LogP contribution >= 0.6 is 0 Å². The highest BCUT2D eigenvalue weighted by molar-refractivity contribution is 5.77. The van der Waals surface area contributed by atoms with Gasteiger partial charge in [0.25, 0.3) is 0 Å². The number of likely N-dealkylation sites (N-methyl/N-ethyl adjacent to an activating group) is 1. The van der Waals surface area contributed by atoms with Crippen LogP contribution in [0.15, 0.2) is 0 Å². The fourth-order valence-electron chi connectivity index (χ4n) is 1.20. The molecular formula is C10H23N3O. The van der Waals surface area contributed by atoms with Crippen LogP contribution in [0.4, 0.5) is 0 Å². The molecule has 0 aromatic rings. The molecule has 0 heterocycles. The number of rotatable bonds is 8. The van der Waals surface area contributed by atoms with Gasteiger partial charge in [-0.1, -0.05) is 20.3 Å². The molecule has 0 spiro atoms. The van der Waals surface area contributed by atoms with E-state index in [1.807, 2.05) is 0 Å². The Kier molecular flexibility index (Phi) is 8.57. The van der Waals surface area contributed by atoms with Crippen LogP contribution in [0.3, 0.4) is 0 Å². The maximum Gasteiger partial charge on any atom is 0.234 e. The maximum absolute atomic E-state index is 11.3. The zero-order valence-electron chi connectivity index (χ0n) is 9.38. The fraction of sp³-hybridized carbons (Fsp3) is 0.900. The number of nitrogens with two attached hydrogens (primary N) is 1.